The third-order valence-corrected chi connectivity index (χ3v) is 4.20. The van der Waals surface area contributed by atoms with Crippen LogP contribution in [0.15, 0.2) is 0 Å². The van der Waals surface area contributed by atoms with Crippen LogP contribution in [0.25, 0.3) is 0 Å². The minimum atomic E-state index is 0.392. The lowest BCUT2D eigenvalue weighted by atomic mass is 10.1. The van der Waals surface area contributed by atoms with E-state index in [9.17, 15) is 4.79 Å². The van der Waals surface area contributed by atoms with Crippen LogP contribution in [0.2, 0.25) is 0 Å². The van der Waals surface area contributed by atoms with E-state index < -0.39 is 0 Å². The molecule has 0 aromatic heterocycles. The highest BCUT2D eigenvalue weighted by Crippen LogP contribution is 2.13. The molecule has 20 heavy (non-hydrogen) atoms. The van der Waals surface area contributed by atoms with Crippen LogP contribution in [-0.4, -0.2) is 49.4 Å². The Labute approximate surface area is 125 Å². The van der Waals surface area contributed by atoms with E-state index >= 15 is 0 Å². The monoisotopic (exact) mass is 282 g/mol. The summed E-state index contributed by atoms with van der Waals surface area (Å²) in [4.78, 5) is 16.6. The van der Waals surface area contributed by atoms with Crippen molar-refractivity contribution in [3.05, 3.63) is 0 Å². The van der Waals surface area contributed by atoms with Gasteiger partial charge < -0.3 is 9.80 Å². The summed E-state index contributed by atoms with van der Waals surface area (Å²) in [7, 11) is 4.20. The predicted molar refractivity (Wildman–Crippen MR) is 85.9 cm³/mol. The molecule has 0 aromatic rings. The van der Waals surface area contributed by atoms with Crippen LogP contribution in [0.1, 0.15) is 70.6 Å². The van der Waals surface area contributed by atoms with Gasteiger partial charge in [-0.2, -0.15) is 0 Å². The standard InChI is InChI=1S/C17H34N2O/c1-18(2)14-12-16-19-15-11-9-7-5-3-4-6-8-10-13-17(19)20/h3-16H2,1-2H3. The number of carbonyl (C=O) groups is 1. The normalized spacial score (nSPS) is 20.4. The molecule has 0 saturated carbocycles. The highest BCUT2D eigenvalue weighted by Gasteiger charge is 2.13. The summed E-state index contributed by atoms with van der Waals surface area (Å²) in [5.41, 5.74) is 0. The minimum Gasteiger partial charge on any atom is -0.343 e. The molecule has 0 N–H and O–H groups in total. The molecule has 1 aliphatic rings. The van der Waals surface area contributed by atoms with Crippen molar-refractivity contribution in [2.75, 3.05) is 33.7 Å². The van der Waals surface area contributed by atoms with E-state index in [1.54, 1.807) is 0 Å². The highest BCUT2D eigenvalue weighted by atomic mass is 16.2. The van der Waals surface area contributed by atoms with Gasteiger partial charge in [0.25, 0.3) is 0 Å². The van der Waals surface area contributed by atoms with Crippen molar-refractivity contribution < 1.29 is 4.79 Å². The van der Waals surface area contributed by atoms with E-state index in [4.69, 9.17) is 0 Å². The first kappa shape index (κ1) is 17.5. The number of amides is 1. The molecule has 0 atom stereocenters. The Morgan fingerprint density at radius 3 is 2.05 bits per heavy atom. The molecule has 0 radical (unpaired) electrons. The summed E-state index contributed by atoms with van der Waals surface area (Å²) in [5, 5.41) is 0. The van der Waals surface area contributed by atoms with Gasteiger partial charge in [0.2, 0.25) is 5.91 Å². The first-order chi connectivity index (χ1) is 9.70. The largest absolute Gasteiger partial charge is 0.343 e. The van der Waals surface area contributed by atoms with E-state index in [0.29, 0.717) is 5.91 Å². The SMILES string of the molecule is CN(C)CCCN1CCCCCCCCCCCC1=O. The van der Waals surface area contributed by atoms with Crippen molar-refractivity contribution >= 4 is 5.91 Å². The summed E-state index contributed by atoms with van der Waals surface area (Å²) in [6.45, 7) is 2.99. The minimum absolute atomic E-state index is 0.392. The summed E-state index contributed by atoms with van der Waals surface area (Å²) < 4.78 is 0. The molecule has 1 aliphatic heterocycles. The number of carbonyl (C=O) groups excluding carboxylic acids is 1. The van der Waals surface area contributed by atoms with E-state index in [0.717, 1.165) is 38.9 Å². The molecule has 0 aromatic carbocycles. The van der Waals surface area contributed by atoms with Gasteiger partial charge in [-0.15, -0.1) is 0 Å². The Morgan fingerprint density at radius 2 is 1.45 bits per heavy atom. The Morgan fingerprint density at radius 1 is 0.900 bits per heavy atom. The van der Waals surface area contributed by atoms with Crippen molar-refractivity contribution in [3.63, 3.8) is 0 Å². The van der Waals surface area contributed by atoms with Gasteiger partial charge in [-0.3, -0.25) is 4.79 Å². The average Bonchev–Trinajstić information content (AvgIpc) is 2.43. The molecule has 1 rings (SSSR count). The zero-order chi connectivity index (χ0) is 14.6. The quantitative estimate of drug-likeness (QED) is 0.785. The van der Waals surface area contributed by atoms with Crippen molar-refractivity contribution in [1.29, 1.82) is 0 Å². The molecule has 1 amide bonds. The Kier molecular flexibility index (Phi) is 9.73. The fourth-order valence-corrected chi connectivity index (χ4v) is 2.91. The van der Waals surface area contributed by atoms with Gasteiger partial charge >= 0.3 is 0 Å². The maximum Gasteiger partial charge on any atom is 0.222 e. The predicted octanol–water partition coefficient (Wildman–Crippen LogP) is 3.68. The summed E-state index contributed by atoms with van der Waals surface area (Å²) >= 11 is 0. The second-order valence-corrected chi connectivity index (χ2v) is 6.47. The Hall–Kier alpha value is -0.570. The number of nitrogens with zero attached hydrogens (tertiary/aromatic N) is 2. The lowest BCUT2D eigenvalue weighted by Crippen LogP contribution is -2.34. The van der Waals surface area contributed by atoms with Crippen molar-refractivity contribution in [3.8, 4) is 0 Å². The first-order valence-electron chi connectivity index (χ1n) is 8.62. The molecule has 1 heterocycles. The lowest BCUT2D eigenvalue weighted by Gasteiger charge is -2.23. The summed E-state index contributed by atoms with van der Waals surface area (Å²) in [6.07, 6.45) is 13.5. The summed E-state index contributed by atoms with van der Waals surface area (Å²) in [6, 6.07) is 0. The Bertz CT molecular complexity index is 253. The van der Waals surface area contributed by atoms with Crippen LogP contribution in [0.3, 0.4) is 0 Å². The van der Waals surface area contributed by atoms with Gasteiger partial charge in [0.05, 0.1) is 0 Å². The van der Waals surface area contributed by atoms with E-state index in [-0.39, 0.29) is 0 Å². The molecule has 3 nitrogen and oxygen atoms in total. The van der Waals surface area contributed by atoms with Crippen LogP contribution in [0, 0.1) is 0 Å². The molecule has 1 fully saturated rings. The second kappa shape index (κ2) is 11.1. The fourth-order valence-electron chi connectivity index (χ4n) is 2.91. The summed E-state index contributed by atoms with van der Waals surface area (Å²) in [5.74, 6) is 0.392. The highest BCUT2D eigenvalue weighted by molar-refractivity contribution is 5.76. The van der Waals surface area contributed by atoms with Gasteiger partial charge in [0.1, 0.15) is 0 Å². The average molecular weight is 282 g/mol. The van der Waals surface area contributed by atoms with Crippen LogP contribution in [0.5, 0.6) is 0 Å². The number of rotatable bonds is 4. The van der Waals surface area contributed by atoms with Crippen LogP contribution in [0.4, 0.5) is 0 Å². The molecular weight excluding hydrogens is 248 g/mol. The van der Waals surface area contributed by atoms with Gasteiger partial charge in [-0.1, -0.05) is 44.9 Å². The maximum absolute atomic E-state index is 12.3. The topological polar surface area (TPSA) is 23.6 Å². The van der Waals surface area contributed by atoms with Crippen molar-refractivity contribution in [2.24, 2.45) is 0 Å². The van der Waals surface area contributed by atoms with Gasteiger partial charge in [0, 0.05) is 19.5 Å². The van der Waals surface area contributed by atoms with Crippen LogP contribution in [-0.2, 0) is 4.79 Å². The van der Waals surface area contributed by atoms with Gasteiger partial charge in [-0.25, -0.2) is 0 Å². The zero-order valence-corrected chi connectivity index (χ0v) is 13.7. The maximum atomic E-state index is 12.3. The van der Waals surface area contributed by atoms with Crippen molar-refractivity contribution in [1.82, 2.24) is 9.80 Å². The molecule has 3 heteroatoms. The second-order valence-electron chi connectivity index (χ2n) is 6.47. The first-order valence-corrected chi connectivity index (χ1v) is 8.62. The third kappa shape index (κ3) is 8.57. The molecule has 0 bridgehead atoms. The van der Waals surface area contributed by atoms with E-state index in [2.05, 4.69) is 23.9 Å². The van der Waals surface area contributed by atoms with Gasteiger partial charge in [-0.05, 0) is 39.9 Å². The van der Waals surface area contributed by atoms with E-state index in [1.807, 2.05) is 0 Å². The lowest BCUT2D eigenvalue weighted by molar-refractivity contribution is -0.131. The zero-order valence-electron chi connectivity index (χ0n) is 13.7. The third-order valence-electron chi connectivity index (χ3n) is 4.20. The van der Waals surface area contributed by atoms with Crippen molar-refractivity contribution in [2.45, 2.75) is 70.6 Å². The fraction of sp³-hybridized carbons (Fsp3) is 0.941. The molecule has 118 valence electrons. The molecule has 0 spiro atoms. The van der Waals surface area contributed by atoms with Crippen LogP contribution >= 0.6 is 0 Å². The number of hydrogen-bond donors (Lipinski definition) is 0. The molecule has 0 unspecified atom stereocenters. The van der Waals surface area contributed by atoms with Crippen LogP contribution < -0.4 is 0 Å². The Balaban J connectivity index is 2.37. The van der Waals surface area contributed by atoms with E-state index in [1.165, 1.54) is 51.4 Å². The molecule has 1 saturated heterocycles. The smallest absolute Gasteiger partial charge is 0.222 e. The molecular formula is C17H34N2O. The van der Waals surface area contributed by atoms with Gasteiger partial charge in [0.15, 0.2) is 0 Å². The number of hydrogen-bond acceptors (Lipinski definition) is 2. The molecule has 0 aliphatic carbocycles.